The molecule has 0 aliphatic heterocycles. The van der Waals surface area contributed by atoms with Crippen LogP contribution in [0.15, 0.2) is 285 Å². The molecule has 0 fully saturated rings. The number of nitrogens with one attached hydrogen (secondary N) is 12. The number of ether oxygens (including phenoxy) is 2. The highest BCUT2D eigenvalue weighted by atomic mass is 32.1. The summed E-state index contributed by atoms with van der Waals surface area (Å²) in [6, 6.07) is 63.5. The molecule has 12 amide bonds. The molecule has 33 heteroatoms. The fourth-order valence-electron chi connectivity index (χ4n) is 9.34. The average molecular weight is 1620 g/mol. The molecular formula is C84H70F8N14O10S. The lowest BCUT2D eigenvalue weighted by molar-refractivity contribution is 0.0525. The highest BCUT2D eigenvalue weighted by Gasteiger charge is 2.14. The number of para-hydroxylation sites is 2. The van der Waals surface area contributed by atoms with Crippen LogP contribution in [0.2, 0.25) is 0 Å². The van der Waals surface area contributed by atoms with Gasteiger partial charge in [-0.3, -0.25) is 10.3 Å². The minimum atomic E-state index is -0.591. The first-order valence-corrected chi connectivity index (χ1v) is 35.4. The molecule has 13 aromatic rings. The number of carbonyl (C=O) groups excluding carboxylic acids is 8. The Morgan fingerprint density at radius 2 is 0.650 bits per heavy atom. The van der Waals surface area contributed by atoms with Crippen molar-refractivity contribution in [2.75, 3.05) is 77.5 Å². The Labute approximate surface area is 667 Å². The molecule has 13 rings (SSSR count). The number of methoxy groups -OCH3 is 1. The lowest BCUT2D eigenvalue weighted by atomic mass is 10.2. The number of carbonyl (C=O) groups is 8. The molecule has 0 aliphatic carbocycles. The van der Waals surface area contributed by atoms with Crippen molar-refractivity contribution in [2.24, 2.45) is 0 Å². The Morgan fingerprint density at radius 3 is 1.02 bits per heavy atom. The molecule has 598 valence electrons. The van der Waals surface area contributed by atoms with E-state index in [2.05, 4.69) is 78.5 Å². The number of amides is 12. The number of aryl methyl sites for hydroxylation is 1. The van der Waals surface area contributed by atoms with Crippen LogP contribution in [0.4, 0.5) is 132 Å². The molecule has 0 bridgehead atoms. The predicted octanol–water partition coefficient (Wildman–Crippen LogP) is 21.4. The van der Waals surface area contributed by atoms with Crippen LogP contribution >= 0.6 is 11.3 Å². The Bertz CT molecular complexity index is 5450. The van der Waals surface area contributed by atoms with Crippen molar-refractivity contribution >= 4 is 137 Å². The zero-order valence-electron chi connectivity index (χ0n) is 61.8. The zero-order valence-corrected chi connectivity index (χ0v) is 62.6. The maximum atomic E-state index is 13.2. The largest absolute Gasteiger partial charge is 0.465 e. The second kappa shape index (κ2) is 45.1. The van der Waals surface area contributed by atoms with Gasteiger partial charge in [0.25, 0.3) is 0 Å². The van der Waals surface area contributed by atoms with Gasteiger partial charge in [0.05, 0.1) is 40.7 Å². The van der Waals surface area contributed by atoms with Gasteiger partial charge in [0.1, 0.15) is 46.5 Å². The Morgan fingerprint density at radius 1 is 0.325 bits per heavy atom. The summed E-state index contributed by atoms with van der Waals surface area (Å²) in [5.41, 5.74) is 6.91. The Balaban J connectivity index is 0.000000176. The first kappa shape index (κ1) is 87.0. The molecule has 24 nitrogen and oxygen atoms in total. The van der Waals surface area contributed by atoms with E-state index in [4.69, 9.17) is 4.74 Å². The number of esters is 2. The summed E-state index contributed by atoms with van der Waals surface area (Å²) in [7, 11) is 1.28. The van der Waals surface area contributed by atoms with Crippen LogP contribution in [-0.4, -0.2) is 71.8 Å². The first-order valence-electron chi connectivity index (χ1n) is 34.5. The normalized spacial score (nSPS) is 9.97. The second-order valence-electron chi connectivity index (χ2n) is 23.6. The maximum absolute atomic E-state index is 13.2. The van der Waals surface area contributed by atoms with Crippen molar-refractivity contribution < 1.29 is 83.0 Å². The molecule has 0 saturated carbocycles. The lowest BCUT2D eigenvalue weighted by Crippen LogP contribution is -2.20. The third-order valence-electron chi connectivity index (χ3n) is 14.8. The summed E-state index contributed by atoms with van der Waals surface area (Å²) >= 11 is 1.40. The predicted molar refractivity (Wildman–Crippen MR) is 436 cm³/mol. The average Bonchev–Trinajstić information content (AvgIpc) is 1.78. The molecule has 2 aromatic heterocycles. The summed E-state index contributed by atoms with van der Waals surface area (Å²) < 4.78 is 113. The van der Waals surface area contributed by atoms with E-state index in [0.29, 0.717) is 78.7 Å². The van der Waals surface area contributed by atoms with Crippen molar-refractivity contribution in [3.63, 3.8) is 0 Å². The van der Waals surface area contributed by atoms with E-state index in [0.717, 1.165) is 10.2 Å². The minimum absolute atomic E-state index is 0.0807. The summed E-state index contributed by atoms with van der Waals surface area (Å²) in [5.74, 6) is -4.01. The number of hydrogen-bond donors (Lipinski definition) is 12. The molecule has 2 heterocycles. The first-order chi connectivity index (χ1) is 56.3. The van der Waals surface area contributed by atoms with Gasteiger partial charge in [-0.2, -0.15) is 0 Å². The number of rotatable bonds is 15. The molecular weight excluding hydrogens is 1550 g/mol. The van der Waals surface area contributed by atoms with Crippen LogP contribution < -0.4 is 63.8 Å². The van der Waals surface area contributed by atoms with Crippen LogP contribution in [0.5, 0.6) is 0 Å². The van der Waals surface area contributed by atoms with E-state index < -0.39 is 53.7 Å². The van der Waals surface area contributed by atoms with Crippen LogP contribution in [-0.2, 0) is 9.47 Å². The van der Waals surface area contributed by atoms with Gasteiger partial charge in [0.2, 0.25) is 0 Å². The van der Waals surface area contributed by atoms with E-state index in [-0.39, 0.29) is 53.2 Å². The molecule has 0 saturated heterocycles. The van der Waals surface area contributed by atoms with E-state index >= 15 is 0 Å². The van der Waals surface area contributed by atoms with Crippen molar-refractivity contribution in [1.29, 1.82) is 0 Å². The second-order valence-corrected chi connectivity index (χ2v) is 24.6. The molecule has 117 heavy (non-hydrogen) atoms. The van der Waals surface area contributed by atoms with Crippen LogP contribution in [0.1, 0.15) is 33.2 Å². The summed E-state index contributed by atoms with van der Waals surface area (Å²) in [6.07, 6.45) is 3.15. The molecule has 11 aromatic carbocycles. The zero-order chi connectivity index (χ0) is 84.0. The van der Waals surface area contributed by atoms with Gasteiger partial charge in [-0.05, 0) is 256 Å². The van der Waals surface area contributed by atoms with Crippen LogP contribution in [0.25, 0.3) is 10.2 Å². The van der Waals surface area contributed by atoms with Crippen LogP contribution in [0.3, 0.4) is 0 Å². The van der Waals surface area contributed by atoms with E-state index in [1.54, 1.807) is 80.8 Å². The molecule has 0 aliphatic rings. The van der Waals surface area contributed by atoms with Crippen molar-refractivity contribution in [3.8, 4) is 0 Å². The summed E-state index contributed by atoms with van der Waals surface area (Å²) in [4.78, 5) is 101. The van der Waals surface area contributed by atoms with Crippen LogP contribution in [0, 0.1) is 53.5 Å². The van der Waals surface area contributed by atoms with Crippen molar-refractivity contribution in [2.45, 2.75) is 13.8 Å². The molecule has 0 unspecified atom stereocenters. The van der Waals surface area contributed by atoms with E-state index in [1.807, 2.05) is 24.3 Å². The smallest absolute Gasteiger partial charge is 0.338 e. The molecule has 0 atom stereocenters. The standard InChI is InChI=1S/C16H15FN2O3.C15H13FN2O3.C14H12F2N2O.C14H10FN3OS.C13H10F2N2O.C12H10FN3O/c1-2-22-15(20)11-4-3-5-14(10-11)19-16(21)18-13-8-6-12(17)7-9-13;1-21-14(19)10-3-2-4-13(9-10)18-15(20)17-12-7-5-11(16)6-8-12;1-9-8-12(6-7-13(9)16)18-14(19)17-11-4-2-10(15)3-5-11;15-9-5-7-10(8-6-9)16-13(19)18-14-17-11-3-1-2-4-12(11)20-14;14-9-5-7-10(8-6-9)16-13(18)17-12-4-2-1-3-11(12)15;13-9-1-3-10(4-2-9)15-12(17)16-11-5-7-14-8-6-11/h3-10H,2H2,1H3,(H2,18,19,21);2-9H,1H3,(H2,17,18,20);2-8H,1H3,(H2,17,18,19);1-8H,(H2,16,17,18,19);1-8H,(H2,16,17,18);1-8H,(H2,14,15,16,17). The summed E-state index contributed by atoms with van der Waals surface area (Å²) in [6.45, 7) is 3.61. The highest BCUT2D eigenvalue weighted by molar-refractivity contribution is 7.22. The van der Waals surface area contributed by atoms with Crippen molar-refractivity contribution in [3.05, 3.63) is 349 Å². The van der Waals surface area contributed by atoms with Gasteiger partial charge in [-0.15, -0.1) is 0 Å². The number of halogens is 8. The van der Waals surface area contributed by atoms with Gasteiger partial charge in [-0.25, -0.2) is 78.5 Å². The molecule has 0 spiro atoms. The number of hydrogen-bond acceptors (Lipinski definition) is 13. The number of benzene rings is 11. The SMILES string of the molecule is CCOC(=O)c1cccc(NC(=O)Nc2ccc(F)cc2)c1.COC(=O)c1cccc(NC(=O)Nc2ccc(F)cc2)c1.Cc1cc(NC(=O)Nc2ccc(F)cc2)ccc1F.O=C(Nc1ccc(F)cc1)Nc1ccccc1F.O=C(Nc1ccc(F)cc1)Nc1nc2ccccc2s1.O=C(Nc1ccncc1)Nc1ccc(F)cc1. The van der Waals surface area contributed by atoms with Gasteiger partial charge >= 0.3 is 48.1 Å². The molecule has 0 radical (unpaired) electrons. The number of thiazole rings is 1. The minimum Gasteiger partial charge on any atom is -0.465 e. The number of aromatic nitrogens is 2. The van der Waals surface area contributed by atoms with E-state index in [1.165, 1.54) is 213 Å². The number of nitrogens with zero attached hydrogens (tertiary/aromatic N) is 2. The van der Waals surface area contributed by atoms with Gasteiger partial charge in [0.15, 0.2) is 5.13 Å². The third kappa shape index (κ3) is 31.3. The van der Waals surface area contributed by atoms with Crippen molar-refractivity contribution in [1.82, 2.24) is 9.97 Å². The van der Waals surface area contributed by atoms with Gasteiger partial charge in [0, 0.05) is 69.3 Å². The third-order valence-corrected chi connectivity index (χ3v) is 15.7. The van der Waals surface area contributed by atoms with Gasteiger partial charge < -0.3 is 68.0 Å². The lowest BCUT2D eigenvalue weighted by Gasteiger charge is -2.09. The highest BCUT2D eigenvalue weighted by Crippen LogP contribution is 2.26. The quantitative estimate of drug-likeness (QED) is 0.0337. The maximum Gasteiger partial charge on any atom is 0.338 e. The Kier molecular flexibility index (Phi) is 33.5. The number of fused-ring (bicyclic) bond motifs is 1. The number of urea groups is 6. The summed E-state index contributed by atoms with van der Waals surface area (Å²) in [5, 5.41) is 31.2. The van der Waals surface area contributed by atoms with Gasteiger partial charge in [-0.1, -0.05) is 47.7 Å². The van der Waals surface area contributed by atoms with E-state index in [9.17, 15) is 73.5 Å². The topological polar surface area (TPSA) is 325 Å². The fraction of sp³-hybridized carbons (Fsp3) is 0.0476. The fourth-order valence-corrected chi connectivity index (χ4v) is 10.2. The number of pyridine rings is 1. The number of anilines is 12. The Hall–Kier alpha value is -15.5. The molecule has 12 N–H and O–H groups in total. The monoisotopic (exact) mass is 1620 g/mol.